The Balaban J connectivity index is 2.19. The molecular weight excluding hydrogens is 374 g/mol. The molecule has 0 amide bonds. The van der Waals surface area contributed by atoms with Crippen molar-refractivity contribution in [2.24, 2.45) is 0 Å². The number of rotatable bonds is 4. The SMILES string of the molecule is Cc1cc(Br)cc(CO)c1OCc1cncc(Br)c1. The lowest BCUT2D eigenvalue weighted by Gasteiger charge is -2.13. The van der Waals surface area contributed by atoms with Crippen LogP contribution >= 0.6 is 31.9 Å². The minimum Gasteiger partial charge on any atom is -0.488 e. The first-order valence-electron chi connectivity index (χ1n) is 5.72. The molecule has 1 heterocycles. The molecule has 3 nitrogen and oxygen atoms in total. The third-order valence-electron chi connectivity index (χ3n) is 2.63. The third-order valence-corrected chi connectivity index (χ3v) is 3.52. The molecule has 19 heavy (non-hydrogen) atoms. The van der Waals surface area contributed by atoms with E-state index in [0.29, 0.717) is 6.61 Å². The molecule has 0 aliphatic carbocycles. The second kappa shape index (κ2) is 6.50. The van der Waals surface area contributed by atoms with Gasteiger partial charge >= 0.3 is 0 Å². The number of halogens is 2. The second-order valence-electron chi connectivity index (χ2n) is 4.17. The Hall–Kier alpha value is -0.910. The summed E-state index contributed by atoms with van der Waals surface area (Å²) in [6, 6.07) is 5.79. The van der Waals surface area contributed by atoms with E-state index in [4.69, 9.17) is 4.74 Å². The molecule has 0 radical (unpaired) electrons. The number of benzene rings is 1. The van der Waals surface area contributed by atoms with Crippen molar-refractivity contribution in [1.82, 2.24) is 4.98 Å². The minimum absolute atomic E-state index is 0.0493. The zero-order valence-electron chi connectivity index (χ0n) is 10.4. The van der Waals surface area contributed by atoms with E-state index in [1.54, 1.807) is 12.4 Å². The van der Waals surface area contributed by atoms with Gasteiger partial charge < -0.3 is 9.84 Å². The van der Waals surface area contributed by atoms with Crippen LogP contribution in [0.4, 0.5) is 0 Å². The fourth-order valence-corrected chi connectivity index (χ4v) is 2.85. The molecule has 1 N–H and O–H groups in total. The van der Waals surface area contributed by atoms with E-state index < -0.39 is 0 Å². The van der Waals surface area contributed by atoms with Crippen LogP contribution in [0, 0.1) is 6.92 Å². The molecule has 2 aromatic rings. The number of ether oxygens (including phenoxy) is 1. The molecule has 0 fully saturated rings. The van der Waals surface area contributed by atoms with Crippen molar-refractivity contribution in [2.75, 3.05) is 0 Å². The van der Waals surface area contributed by atoms with E-state index in [1.165, 1.54) is 0 Å². The lowest BCUT2D eigenvalue weighted by atomic mass is 10.1. The molecule has 0 aliphatic rings. The summed E-state index contributed by atoms with van der Waals surface area (Å²) in [6.45, 7) is 2.33. The van der Waals surface area contributed by atoms with E-state index in [1.807, 2.05) is 25.1 Å². The van der Waals surface area contributed by atoms with Crippen LogP contribution in [-0.2, 0) is 13.2 Å². The first kappa shape index (κ1) is 14.5. The number of aliphatic hydroxyl groups is 1. The van der Waals surface area contributed by atoms with Gasteiger partial charge in [0.25, 0.3) is 0 Å². The van der Waals surface area contributed by atoms with Gasteiger partial charge in [-0.25, -0.2) is 0 Å². The van der Waals surface area contributed by atoms with Gasteiger partial charge in [0.1, 0.15) is 12.4 Å². The summed E-state index contributed by atoms with van der Waals surface area (Å²) in [6.07, 6.45) is 3.49. The van der Waals surface area contributed by atoms with E-state index >= 15 is 0 Å². The third kappa shape index (κ3) is 3.78. The highest BCUT2D eigenvalue weighted by Crippen LogP contribution is 2.29. The maximum Gasteiger partial charge on any atom is 0.128 e. The molecule has 2 rings (SSSR count). The van der Waals surface area contributed by atoms with E-state index in [0.717, 1.165) is 31.4 Å². The zero-order valence-corrected chi connectivity index (χ0v) is 13.5. The average molecular weight is 387 g/mol. The maximum absolute atomic E-state index is 9.39. The van der Waals surface area contributed by atoms with E-state index in [-0.39, 0.29) is 6.61 Å². The topological polar surface area (TPSA) is 42.4 Å². The van der Waals surface area contributed by atoms with Gasteiger partial charge in [0, 0.05) is 32.5 Å². The van der Waals surface area contributed by atoms with Crippen molar-refractivity contribution >= 4 is 31.9 Å². The predicted octanol–water partition coefficient (Wildman–Crippen LogP) is 3.99. The molecule has 5 heteroatoms. The maximum atomic E-state index is 9.39. The van der Waals surface area contributed by atoms with Gasteiger partial charge in [-0.05, 0) is 46.6 Å². The molecule has 0 aliphatic heterocycles. The Labute approximate surface area is 128 Å². The van der Waals surface area contributed by atoms with Gasteiger partial charge in [0.05, 0.1) is 6.61 Å². The van der Waals surface area contributed by atoms with Crippen LogP contribution in [0.3, 0.4) is 0 Å². The molecule has 0 bridgehead atoms. The van der Waals surface area contributed by atoms with E-state index in [2.05, 4.69) is 36.8 Å². The molecule has 0 saturated heterocycles. The normalized spacial score (nSPS) is 10.5. The number of hydrogen-bond donors (Lipinski definition) is 1. The molecule has 0 spiro atoms. The molecule has 1 aromatic carbocycles. The Morgan fingerprint density at radius 1 is 1.16 bits per heavy atom. The summed E-state index contributed by atoms with van der Waals surface area (Å²) in [5, 5.41) is 9.39. The van der Waals surface area contributed by atoms with Crippen LogP contribution in [-0.4, -0.2) is 10.1 Å². The lowest BCUT2D eigenvalue weighted by molar-refractivity contribution is 0.257. The molecule has 0 unspecified atom stereocenters. The Morgan fingerprint density at radius 2 is 1.95 bits per heavy atom. The number of hydrogen-bond acceptors (Lipinski definition) is 3. The molecule has 1 aromatic heterocycles. The van der Waals surface area contributed by atoms with Crippen molar-refractivity contribution in [2.45, 2.75) is 20.1 Å². The average Bonchev–Trinajstić information content (AvgIpc) is 2.37. The van der Waals surface area contributed by atoms with Crippen LogP contribution < -0.4 is 4.74 Å². The summed E-state index contributed by atoms with van der Waals surface area (Å²) >= 11 is 6.79. The molecule has 0 saturated carbocycles. The lowest BCUT2D eigenvalue weighted by Crippen LogP contribution is -2.01. The summed E-state index contributed by atoms with van der Waals surface area (Å²) < 4.78 is 7.67. The summed E-state index contributed by atoms with van der Waals surface area (Å²) in [5.74, 6) is 0.727. The van der Waals surface area contributed by atoms with Crippen molar-refractivity contribution in [3.63, 3.8) is 0 Å². The number of aromatic nitrogens is 1. The van der Waals surface area contributed by atoms with Gasteiger partial charge in [0.15, 0.2) is 0 Å². The summed E-state index contributed by atoms with van der Waals surface area (Å²) in [7, 11) is 0. The number of aryl methyl sites for hydroxylation is 1. The fourth-order valence-electron chi connectivity index (χ4n) is 1.81. The van der Waals surface area contributed by atoms with Gasteiger partial charge in [-0.3, -0.25) is 4.98 Å². The van der Waals surface area contributed by atoms with Crippen LogP contribution in [0.25, 0.3) is 0 Å². The van der Waals surface area contributed by atoms with Gasteiger partial charge in [-0.1, -0.05) is 15.9 Å². The monoisotopic (exact) mass is 385 g/mol. The molecule has 100 valence electrons. The smallest absolute Gasteiger partial charge is 0.128 e. The quantitative estimate of drug-likeness (QED) is 0.863. The first-order valence-corrected chi connectivity index (χ1v) is 7.31. The first-order chi connectivity index (χ1) is 9.10. The Kier molecular flexibility index (Phi) is 4.96. The van der Waals surface area contributed by atoms with Gasteiger partial charge in [-0.2, -0.15) is 0 Å². The largest absolute Gasteiger partial charge is 0.488 e. The fraction of sp³-hybridized carbons (Fsp3) is 0.214. The molecule has 0 atom stereocenters. The van der Waals surface area contributed by atoms with Crippen molar-refractivity contribution in [3.05, 3.63) is 56.2 Å². The Morgan fingerprint density at radius 3 is 2.63 bits per heavy atom. The van der Waals surface area contributed by atoms with Crippen LogP contribution in [0.1, 0.15) is 16.7 Å². The minimum atomic E-state index is -0.0493. The van der Waals surface area contributed by atoms with Crippen molar-refractivity contribution in [1.29, 1.82) is 0 Å². The van der Waals surface area contributed by atoms with Gasteiger partial charge in [-0.15, -0.1) is 0 Å². The number of nitrogens with zero attached hydrogens (tertiary/aromatic N) is 1. The highest BCUT2D eigenvalue weighted by molar-refractivity contribution is 9.10. The highest BCUT2D eigenvalue weighted by Gasteiger charge is 2.09. The van der Waals surface area contributed by atoms with Crippen LogP contribution in [0.2, 0.25) is 0 Å². The highest BCUT2D eigenvalue weighted by atomic mass is 79.9. The van der Waals surface area contributed by atoms with Crippen LogP contribution in [0.5, 0.6) is 5.75 Å². The second-order valence-corrected chi connectivity index (χ2v) is 6.00. The van der Waals surface area contributed by atoms with Crippen molar-refractivity contribution < 1.29 is 9.84 Å². The number of aliphatic hydroxyl groups excluding tert-OH is 1. The van der Waals surface area contributed by atoms with Crippen molar-refractivity contribution in [3.8, 4) is 5.75 Å². The standard InChI is InChI=1S/C14H13Br2NO2/c1-9-2-12(15)4-11(7-18)14(9)19-8-10-3-13(16)6-17-5-10/h2-6,18H,7-8H2,1H3. The summed E-state index contributed by atoms with van der Waals surface area (Å²) in [5.41, 5.74) is 2.73. The van der Waals surface area contributed by atoms with Crippen LogP contribution in [0.15, 0.2) is 39.5 Å². The van der Waals surface area contributed by atoms with Gasteiger partial charge in [0.2, 0.25) is 0 Å². The molecular formula is C14H13Br2NO2. The number of pyridine rings is 1. The Bertz CT molecular complexity index is 588. The van der Waals surface area contributed by atoms with E-state index in [9.17, 15) is 5.11 Å². The summed E-state index contributed by atoms with van der Waals surface area (Å²) in [4.78, 5) is 4.09. The zero-order chi connectivity index (χ0) is 13.8. The predicted molar refractivity (Wildman–Crippen MR) is 81.1 cm³/mol.